The molecule has 0 spiro atoms. The molecule has 0 saturated carbocycles. The van der Waals surface area contributed by atoms with Crippen LogP contribution in [-0.2, 0) is 0 Å². The molecular formula is C11H9ClFNOS. The van der Waals surface area contributed by atoms with Gasteiger partial charge in [-0.05, 0) is 24.6 Å². The van der Waals surface area contributed by atoms with Crippen LogP contribution in [0.1, 0.15) is 5.56 Å². The maximum Gasteiger partial charge on any atom is 0.273 e. The first-order chi connectivity index (χ1) is 7.61. The van der Waals surface area contributed by atoms with E-state index >= 15 is 0 Å². The molecule has 0 radical (unpaired) electrons. The molecule has 0 bridgehead atoms. The standard InChI is InChI=1S/C11H9ClFNOS/c1-6-3-8(12)7(4-9(6)13)10-5-16-11(14-10)15-2/h3-5H,1-2H3. The zero-order chi connectivity index (χ0) is 11.7. The monoisotopic (exact) mass is 257 g/mol. The number of benzene rings is 1. The number of aryl methyl sites for hydroxylation is 1. The van der Waals surface area contributed by atoms with E-state index < -0.39 is 0 Å². The van der Waals surface area contributed by atoms with Crippen LogP contribution in [-0.4, -0.2) is 12.1 Å². The number of aromatic nitrogens is 1. The fourth-order valence-electron chi connectivity index (χ4n) is 1.32. The van der Waals surface area contributed by atoms with Crippen LogP contribution in [0.15, 0.2) is 17.5 Å². The molecule has 0 saturated heterocycles. The summed E-state index contributed by atoms with van der Waals surface area (Å²) < 4.78 is 18.4. The molecule has 2 rings (SSSR count). The number of halogens is 2. The number of hydrogen-bond donors (Lipinski definition) is 0. The minimum atomic E-state index is -0.286. The number of thiazole rings is 1. The van der Waals surface area contributed by atoms with Crippen LogP contribution in [0, 0.1) is 12.7 Å². The smallest absolute Gasteiger partial charge is 0.273 e. The van der Waals surface area contributed by atoms with Crippen molar-refractivity contribution in [2.75, 3.05) is 7.11 Å². The van der Waals surface area contributed by atoms with Gasteiger partial charge in [-0.15, -0.1) is 0 Å². The highest BCUT2D eigenvalue weighted by molar-refractivity contribution is 7.11. The Balaban J connectivity index is 2.51. The predicted molar refractivity (Wildman–Crippen MR) is 63.8 cm³/mol. The first kappa shape index (κ1) is 11.4. The molecule has 0 N–H and O–H groups in total. The molecule has 0 unspecified atom stereocenters. The van der Waals surface area contributed by atoms with E-state index in [9.17, 15) is 4.39 Å². The first-order valence-electron chi connectivity index (χ1n) is 4.57. The topological polar surface area (TPSA) is 22.1 Å². The molecule has 0 fully saturated rings. The molecule has 0 atom stereocenters. The zero-order valence-corrected chi connectivity index (χ0v) is 10.3. The van der Waals surface area contributed by atoms with E-state index in [1.165, 1.54) is 17.4 Å². The number of ether oxygens (including phenoxy) is 1. The van der Waals surface area contributed by atoms with Crippen LogP contribution >= 0.6 is 22.9 Å². The van der Waals surface area contributed by atoms with Gasteiger partial charge < -0.3 is 4.74 Å². The summed E-state index contributed by atoms with van der Waals surface area (Å²) in [7, 11) is 1.54. The van der Waals surface area contributed by atoms with E-state index in [1.807, 2.05) is 0 Å². The lowest BCUT2D eigenvalue weighted by molar-refractivity contribution is 0.412. The summed E-state index contributed by atoms with van der Waals surface area (Å²) in [5.74, 6) is -0.286. The minimum Gasteiger partial charge on any atom is -0.473 e. The summed E-state index contributed by atoms with van der Waals surface area (Å²) in [6.45, 7) is 1.67. The van der Waals surface area contributed by atoms with Gasteiger partial charge in [0.2, 0.25) is 0 Å². The summed E-state index contributed by atoms with van der Waals surface area (Å²) >= 11 is 7.39. The van der Waals surface area contributed by atoms with Crippen LogP contribution < -0.4 is 4.74 Å². The van der Waals surface area contributed by atoms with E-state index in [-0.39, 0.29) is 5.82 Å². The predicted octanol–water partition coefficient (Wildman–Crippen LogP) is 3.92. The van der Waals surface area contributed by atoms with Crippen LogP contribution in [0.2, 0.25) is 5.02 Å². The normalized spacial score (nSPS) is 10.5. The van der Waals surface area contributed by atoms with Crippen molar-refractivity contribution in [3.8, 4) is 16.5 Å². The van der Waals surface area contributed by atoms with E-state index in [1.54, 1.807) is 25.5 Å². The van der Waals surface area contributed by atoms with Gasteiger partial charge >= 0.3 is 0 Å². The summed E-state index contributed by atoms with van der Waals surface area (Å²) in [5.41, 5.74) is 1.74. The van der Waals surface area contributed by atoms with Crippen molar-refractivity contribution >= 4 is 22.9 Å². The Hall–Kier alpha value is -1.13. The van der Waals surface area contributed by atoms with E-state index in [2.05, 4.69) is 4.98 Å². The number of rotatable bonds is 2. The van der Waals surface area contributed by atoms with Crippen molar-refractivity contribution in [1.82, 2.24) is 4.98 Å². The van der Waals surface area contributed by atoms with E-state index in [4.69, 9.17) is 16.3 Å². The van der Waals surface area contributed by atoms with Crippen LogP contribution in [0.25, 0.3) is 11.3 Å². The lowest BCUT2D eigenvalue weighted by Gasteiger charge is -2.03. The first-order valence-corrected chi connectivity index (χ1v) is 5.83. The third-order valence-electron chi connectivity index (χ3n) is 2.18. The Kier molecular flexibility index (Phi) is 3.12. The van der Waals surface area contributed by atoms with Gasteiger partial charge in [0.25, 0.3) is 5.19 Å². The summed E-state index contributed by atoms with van der Waals surface area (Å²) in [6.07, 6.45) is 0. The molecule has 0 aliphatic rings. The molecule has 0 aliphatic heterocycles. The number of hydrogen-bond acceptors (Lipinski definition) is 3. The zero-order valence-electron chi connectivity index (χ0n) is 8.75. The van der Waals surface area contributed by atoms with Gasteiger partial charge in [0, 0.05) is 10.9 Å². The Morgan fingerprint density at radius 1 is 1.44 bits per heavy atom. The van der Waals surface area contributed by atoms with E-state index in [0.717, 1.165) is 0 Å². The molecule has 5 heteroatoms. The van der Waals surface area contributed by atoms with Gasteiger partial charge in [-0.1, -0.05) is 22.9 Å². The van der Waals surface area contributed by atoms with E-state index in [0.29, 0.717) is 27.0 Å². The lowest BCUT2D eigenvalue weighted by atomic mass is 10.1. The third kappa shape index (κ3) is 2.03. The minimum absolute atomic E-state index is 0.286. The van der Waals surface area contributed by atoms with Gasteiger partial charge in [-0.25, -0.2) is 9.37 Å². The molecule has 0 aliphatic carbocycles. The molecule has 2 aromatic rings. The fourth-order valence-corrected chi connectivity index (χ4v) is 2.27. The summed E-state index contributed by atoms with van der Waals surface area (Å²) in [6, 6.07) is 2.99. The van der Waals surface area contributed by atoms with Crippen molar-refractivity contribution in [2.24, 2.45) is 0 Å². The summed E-state index contributed by atoms with van der Waals surface area (Å²) in [5, 5.41) is 2.81. The van der Waals surface area contributed by atoms with Crippen molar-refractivity contribution in [2.45, 2.75) is 6.92 Å². The molecule has 84 valence electrons. The van der Waals surface area contributed by atoms with Crippen molar-refractivity contribution in [3.05, 3.63) is 33.9 Å². The fraction of sp³-hybridized carbons (Fsp3) is 0.182. The highest BCUT2D eigenvalue weighted by atomic mass is 35.5. The Morgan fingerprint density at radius 3 is 2.81 bits per heavy atom. The third-order valence-corrected chi connectivity index (χ3v) is 3.30. The molecular weight excluding hydrogens is 249 g/mol. The van der Waals surface area contributed by atoms with Gasteiger partial charge in [-0.2, -0.15) is 0 Å². The van der Waals surface area contributed by atoms with Gasteiger partial charge in [-0.3, -0.25) is 0 Å². The SMILES string of the molecule is COc1nc(-c2cc(F)c(C)cc2Cl)cs1. The van der Waals surface area contributed by atoms with Crippen molar-refractivity contribution in [3.63, 3.8) is 0 Å². The largest absolute Gasteiger partial charge is 0.473 e. The van der Waals surface area contributed by atoms with Crippen LogP contribution in [0.5, 0.6) is 5.19 Å². The Labute approximate surface area is 102 Å². The van der Waals surface area contributed by atoms with Crippen LogP contribution in [0.3, 0.4) is 0 Å². The maximum atomic E-state index is 13.4. The molecule has 1 aromatic heterocycles. The maximum absolute atomic E-state index is 13.4. The second-order valence-electron chi connectivity index (χ2n) is 3.28. The molecule has 0 amide bonds. The van der Waals surface area contributed by atoms with Crippen molar-refractivity contribution in [1.29, 1.82) is 0 Å². The van der Waals surface area contributed by atoms with Crippen molar-refractivity contribution < 1.29 is 9.13 Å². The second-order valence-corrected chi connectivity index (χ2v) is 4.51. The Bertz CT molecular complexity index is 527. The lowest BCUT2D eigenvalue weighted by Crippen LogP contribution is -1.87. The summed E-state index contributed by atoms with van der Waals surface area (Å²) in [4.78, 5) is 4.18. The molecule has 1 heterocycles. The Morgan fingerprint density at radius 2 is 2.19 bits per heavy atom. The van der Waals surface area contributed by atoms with Crippen LogP contribution in [0.4, 0.5) is 4.39 Å². The van der Waals surface area contributed by atoms with Gasteiger partial charge in [0.05, 0.1) is 17.8 Å². The number of methoxy groups -OCH3 is 1. The average molecular weight is 258 g/mol. The quantitative estimate of drug-likeness (QED) is 0.814. The van der Waals surface area contributed by atoms with Gasteiger partial charge in [0.1, 0.15) is 5.82 Å². The molecule has 1 aromatic carbocycles. The highest BCUT2D eigenvalue weighted by Gasteiger charge is 2.11. The molecule has 2 nitrogen and oxygen atoms in total. The second kappa shape index (κ2) is 4.39. The highest BCUT2D eigenvalue weighted by Crippen LogP contribution is 2.32. The average Bonchev–Trinajstić information content (AvgIpc) is 2.71. The van der Waals surface area contributed by atoms with Gasteiger partial charge in [0.15, 0.2) is 0 Å². The molecule has 16 heavy (non-hydrogen) atoms. The number of nitrogens with zero attached hydrogens (tertiary/aromatic N) is 1.